The molecule has 0 aromatic heterocycles. The van der Waals surface area contributed by atoms with Crippen LogP contribution in [0.5, 0.6) is 5.75 Å². The van der Waals surface area contributed by atoms with Gasteiger partial charge in [0.2, 0.25) is 0 Å². The van der Waals surface area contributed by atoms with E-state index in [2.05, 4.69) is 11.9 Å². The molecule has 0 saturated heterocycles. The Morgan fingerprint density at radius 3 is 1.31 bits per heavy atom. The summed E-state index contributed by atoms with van der Waals surface area (Å²) in [7, 11) is 0. The topological polar surface area (TPSA) is 21.6 Å². The molecule has 59 heavy (non-hydrogen) atoms. The molecule has 0 aliphatic heterocycles. The molecule has 0 N–H and O–H groups in total. The number of hydrogen-bond donors (Lipinski definition) is 0. The first kappa shape index (κ1) is 51.9. The summed E-state index contributed by atoms with van der Waals surface area (Å²) in [6, 6.07) is 12.8. The molecule has 0 unspecified atom stereocenters. The van der Waals surface area contributed by atoms with Gasteiger partial charge in [-0.3, -0.25) is 4.99 Å². The third kappa shape index (κ3) is 12.9. The van der Waals surface area contributed by atoms with Gasteiger partial charge in [-0.25, -0.2) is 0 Å². The lowest BCUT2D eigenvalue weighted by atomic mass is 9.88. The average Bonchev–Trinajstić information content (AvgIpc) is 3.15. The summed E-state index contributed by atoms with van der Waals surface area (Å²) >= 11 is 0. The lowest BCUT2D eigenvalue weighted by Gasteiger charge is -2.42. The minimum atomic E-state index is -8.64. The van der Waals surface area contributed by atoms with Gasteiger partial charge in [0.25, 0.3) is 0 Å². The Morgan fingerprint density at radius 2 is 0.864 bits per heavy atom. The molecule has 338 valence electrons. The fourth-order valence-corrected chi connectivity index (χ4v) is 5.91. The van der Waals surface area contributed by atoms with E-state index in [-0.39, 0.29) is 5.75 Å². The maximum atomic E-state index is 14.1. The predicted octanol–water partition coefficient (Wildman–Crippen LogP) is 15.6. The number of aryl methyl sites for hydroxylation is 1. The third-order valence-electron chi connectivity index (χ3n) is 9.69. The summed E-state index contributed by atoms with van der Waals surface area (Å²) in [5, 5.41) is 0. The largest absolute Gasteiger partial charge is 0.494 e. The van der Waals surface area contributed by atoms with Crippen LogP contribution in [-0.2, 0) is 6.42 Å². The predicted molar refractivity (Wildman–Crippen MR) is 190 cm³/mol. The molecule has 19 heteroatoms. The number of hydrogen-bond acceptors (Lipinski definition) is 2. The third-order valence-corrected chi connectivity index (χ3v) is 9.69. The molecule has 0 aliphatic rings. The second-order valence-corrected chi connectivity index (χ2v) is 14.4. The van der Waals surface area contributed by atoms with Crippen molar-refractivity contribution < 1.29 is 79.4 Å². The fourth-order valence-electron chi connectivity index (χ4n) is 5.91. The zero-order valence-electron chi connectivity index (χ0n) is 32.2. The molecule has 2 nitrogen and oxygen atoms in total. The van der Waals surface area contributed by atoms with Gasteiger partial charge < -0.3 is 4.74 Å². The Bertz CT molecular complexity index is 1540. The number of nitrogens with zero attached hydrogens (tertiary/aromatic N) is 1. The Morgan fingerprint density at radius 1 is 0.458 bits per heavy atom. The van der Waals surface area contributed by atoms with Crippen molar-refractivity contribution >= 4 is 11.9 Å². The van der Waals surface area contributed by atoms with E-state index < -0.39 is 67.1 Å². The van der Waals surface area contributed by atoms with Crippen LogP contribution >= 0.6 is 0 Å². The van der Waals surface area contributed by atoms with Crippen molar-refractivity contribution in [2.24, 2.45) is 4.99 Å². The summed E-state index contributed by atoms with van der Waals surface area (Å²) in [4.78, 5) is 4.32. The van der Waals surface area contributed by atoms with Crippen LogP contribution in [0, 0.1) is 0 Å². The number of aliphatic imine (C=N–C) groups is 1. The standard InChI is InChI=1S/C40H48F17NO/c1-2-3-4-5-6-7-8-9-10-11-12-13-14-15-17-29-18-22-31(23-19-29)58-28-30-20-24-32(25-21-30)59-27-16-26-33(41,42)34(43,44)35(45,46)36(47,48)37(49,50)38(51,52)39(53,54)40(55,56)57/h18-25,28H,2-17,26-27H2,1H3. The fraction of sp³-hybridized carbons (Fsp3) is 0.675. The number of halogens is 17. The summed E-state index contributed by atoms with van der Waals surface area (Å²) in [6.07, 6.45) is 8.39. The van der Waals surface area contributed by atoms with Crippen LogP contribution in [-0.4, -0.2) is 60.5 Å². The molecular formula is C40H48F17NO. The van der Waals surface area contributed by atoms with Crippen LogP contribution in [0.2, 0.25) is 0 Å². The Kier molecular flexibility index (Phi) is 18.9. The first-order valence-electron chi connectivity index (χ1n) is 19.3. The normalized spacial score (nSPS) is 14.1. The van der Waals surface area contributed by atoms with Gasteiger partial charge in [-0.15, -0.1) is 0 Å². The highest BCUT2D eigenvalue weighted by molar-refractivity contribution is 5.82. The minimum Gasteiger partial charge on any atom is -0.494 e. The summed E-state index contributed by atoms with van der Waals surface area (Å²) in [6.45, 7) is 1.20. The summed E-state index contributed by atoms with van der Waals surface area (Å²) in [5.74, 6) is -56.5. The summed E-state index contributed by atoms with van der Waals surface area (Å²) < 4.78 is 234. The van der Waals surface area contributed by atoms with E-state index in [1.807, 2.05) is 24.3 Å². The SMILES string of the molecule is CCCCCCCCCCCCCCCCc1ccc(N=Cc2ccc(OCCCC(F)(F)C(F)(F)C(F)(F)C(F)(F)C(F)(F)C(F)(F)C(F)(F)C(F)(F)F)cc2)cc1. The first-order chi connectivity index (χ1) is 27.2. The minimum absolute atomic E-state index is 0.116. The molecule has 0 atom stereocenters. The quantitative estimate of drug-likeness (QED) is 0.0474. The smallest absolute Gasteiger partial charge is 0.460 e. The Balaban J connectivity index is 1.82. The molecule has 2 aromatic rings. The van der Waals surface area contributed by atoms with Gasteiger partial charge in [-0.1, -0.05) is 103 Å². The number of unbranched alkanes of at least 4 members (excludes halogenated alkanes) is 13. The van der Waals surface area contributed by atoms with E-state index >= 15 is 0 Å². The lowest BCUT2D eigenvalue weighted by Crippen LogP contribution is -2.74. The van der Waals surface area contributed by atoms with Crippen molar-refractivity contribution in [3.8, 4) is 5.75 Å². The highest BCUT2D eigenvalue weighted by Crippen LogP contribution is 2.64. The second-order valence-electron chi connectivity index (χ2n) is 14.4. The monoisotopic (exact) mass is 881 g/mol. The maximum absolute atomic E-state index is 14.1. The number of ether oxygens (including phenoxy) is 1. The average molecular weight is 882 g/mol. The van der Waals surface area contributed by atoms with Gasteiger partial charge in [-0.05, 0) is 66.8 Å². The lowest BCUT2D eigenvalue weighted by molar-refractivity contribution is -0.461. The van der Waals surface area contributed by atoms with Crippen molar-refractivity contribution in [1.82, 2.24) is 0 Å². The van der Waals surface area contributed by atoms with Crippen molar-refractivity contribution in [3.05, 3.63) is 59.7 Å². The highest BCUT2D eigenvalue weighted by atomic mass is 19.4. The maximum Gasteiger partial charge on any atom is 0.460 e. The zero-order valence-corrected chi connectivity index (χ0v) is 32.2. The van der Waals surface area contributed by atoms with Crippen LogP contribution in [0.1, 0.15) is 121 Å². The number of benzene rings is 2. The summed E-state index contributed by atoms with van der Waals surface area (Å²) in [5.41, 5.74) is 2.26. The van der Waals surface area contributed by atoms with Crippen LogP contribution in [0.15, 0.2) is 53.5 Å². The molecule has 2 rings (SSSR count). The molecular weight excluding hydrogens is 833 g/mol. The molecule has 0 bridgehead atoms. The van der Waals surface area contributed by atoms with Gasteiger partial charge in [0.15, 0.2) is 0 Å². The molecule has 2 aromatic carbocycles. The van der Waals surface area contributed by atoms with Gasteiger partial charge in [0.05, 0.1) is 12.3 Å². The number of alkyl halides is 17. The molecule has 0 heterocycles. The van der Waals surface area contributed by atoms with Gasteiger partial charge in [0.1, 0.15) is 5.75 Å². The van der Waals surface area contributed by atoms with E-state index in [0.29, 0.717) is 11.3 Å². The van der Waals surface area contributed by atoms with Gasteiger partial charge in [-0.2, -0.15) is 74.6 Å². The highest BCUT2D eigenvalue weighted by Gasteiger charge is 2.95. The number of rotatable bonds is 28. The second kappa shape index (κ2) is 21.5. The molecule has 0 spiro atoms. The molecule has 0 aliphatic carbocycles. The van der Waals surface area contributed by atoms with E-state index in [0.717, 1.165) is 24.8 Å². The van der Waals surface area contributed by atoms with E-state index in [1.54, 1.807) is 0 Å². The Labute approximate surface area is 332 Å². The van der Waals surface area contributed by atoms with Crippen molar-refractivity contribution in [2.75, 3.05) is 6.61 Å². The molecule has 0 fully saturated rings. The van der Waals surface area contributed by atoms with Crippen LogP contribution in [0.3, 0.4) is 0 Å². The van der Waals surface area contributed by atoms with Crippen molar-refractivity contribution in [3.63, 3.8) is 0 Å². The van der Waals surface area contributed by atoms with E-state index in [1.165, 1.54) is 108 Å². The Hall–Kier alpha value is -3.28. The first-order valence-corrected chi connectivity index (χ1v) is 19.3. The van der Waals surface area contributed by atoms with E-state index in [9.17, 15) is 74.6 Å². The molecule has 0 radical (unpaired) electrons. The van der Waals surface area contributed by atoms with E-state index in [4.69, 9.17) is 4.74 Å². The van der Waals surface area contributed by atoms with Crippen molar-refractivity contribution in [2.45, 2.75) is 164 Å². The van der Waals surface area contributed by atoms with Gasteiger partial charge in [0, 0.05) is 12.6 Å². The van der Waals surface area contributed by atoms with Crippen LogP contribution in [0.4, 0.5) is 80.3 Å². The van der Waals surface area contributed by atoms with Gasteiger partial charge >= 0.3 is 47.6 Å². The van der Waals surface area contributed by atoms with Crippen LogP contribution < -0.4 is 4.74 Å². The zero-order chi connectivity index (χ0) is 44.8. The molecule has 0 saturated carbocycles. The van der Waals surface area contributed by atoms with Crippen LogP contribution in [0.25, 0.3) is 0 Å². The van der Waals surface area contributed by atoms with Crippen molar-refractivity contribution in [1.29, 1.82) is 0 Å². The molecule has 0 amide bonds.